The first-order valence-electron chi connectivity index (χ1n) is 8.97. The minimum atomic E-state index is 0.305. The number of methoxy groups -OCH3 is 1. The number of aromatic nitrogens is 4. The van der Waals surface area contributed by atoms with E-state index in [0.29, 0.717) is 35.6 Å². The second kappa shape index (κ2) is 10.4. The second-order valence-electron chi connectivity index (χ2n) is 5.97. The summed E-state index contributed by atoms with van der Waals surface area (Å²) in [6, 6.07) is 0.821. The number of unbranched alkanes of at least 4 members (excludes halogenated alkanes) is 5. The number of alkyl halides is 1. The quantitative estimate of drug-likeness (QED) is 0.418. The van der Waals surface area contributed by atoms with Crippen LogP contribution in [0.5, 0.6) is 12.0 Å². The van der Waals surface area contributed by atoms with Gasteiger partial charge in [-0.1, -0.05) is 48.5 Å². The number of ether oxygens (including phenoxy) is 2. The molecule has 0 radical (unpaired) electrons. The summed E-state index contributed by atoms with van der Waals surface area (Å²) in [5, 5.41) is 1.07. The van der Waals surface area contributed by atoms with E-state index in [9.17, 15) is 0 Å². The number of imidazole rings is 1. The third-order valence-corrected chi connectivity index (χ3v) is 4.55. The Hall–Kier alpha value is -1.57. The lowest BCUT2D eigenvalue weighted by Gasteiger charge is -2.08. The van der Waals surface area contributed by atoms with Gasteiger partial charge in [0.15, 0.2) is 17.0 Å². The first kappa shape index (κ1) is 19.8. The molecule has 25 heavy (non-hydrogen) atoms. The summed E-state index contributed by atoms with van der Waals surface area (Å²) in [6.07, 6.45) is 7.91. The van der Waals surface area contributed by atoms with Gasteiger partial charge in [-0.3, -0.25) is 4.57 Å². The SMILES string of the molecule is CCCCOc1nc(N)c2nc(OC)n(CCCCCCCBr)c2n1. The van der Waals surface area contributed by atoms with Crippen LogP contribution in [0, 0.1) is 0 Å². The number of anilines is 1. The number of halogens is 1. The molecule has 2 heterocycles. The Morgan fingerprint density at radius 1 is 1.04 bits per heavy atom. The topological polar surface area (TPSA) is 88.1 Å². The first-order valence-corrected chi connectivity index (χ1v) is 10.1. The summed E-state index contributed by atoms with van der Waals surface area (Å²) < 4.78 is 13.0. The van der Waals surface area contributed by atoms with Gasteiger partial charge in [0.1, 0.15) is 0 Å². The highest BCUT2D eigenvalue weighted by Gasteiger charge is 2.17. The molecule has 2 rings (SSSR count). The number of fused-ring (bicyclic) bond motifs is 1. The minimum absolute atomic E-state index is 0.305. The van der Waals surface area contributed by atoms with E-state index < -0.39 is 0 Å². The third kappa shape index (κ3) is 5.45. The summed E-state index contributed by atoms with van der Waals surface area (Å²) in [5.41, 5.74) is 7.29. The van der Waals surface area contributed by atoms with Crippen molar-refractivity contribution in [2.75, 3.05) is 24.8 Å². The lowest BCUT2D eigenvalue weighted by atomic mass is 10.1. The Bertz CT molecular complexity index is 662. The van der Waals surface area contributed by atoms with Gasteiger partial charge in [-0.15, -0.1) is 0 Å². The number of nitrogen functional groups attached to an aromatic ring is 1. The van der Waals surface area contributed by atoms with Gasteiger partial charge in [-0.2, -0.15) is 15.0 Å². The highest BCUT2D eigenvalue weighted by molar-refractivity contribution is 9.09. The molecule has 0 bridgehead atoms. The van der Waals surface area contributed by atoms with E-state index in [-0.39, 0.29) is 0 Å². The molecule has 0 atom stereocenters. The van der Waals surface area contributed by atoms with E-state index in [2.05, 4.69) is 37.8 Å². The molecule has 7 nitrogen and oxygen atoms in total. The molecular weight excluding hydrogens is 386 g/mol. The molecule has 2 N–H and O–H groups in total. The predicted octanol–water partition coefficient (Wildman–Crippen LogP) is 3.94. The monoisotopic (exact) mass is 413 g/mol. The summed E-state index contributed by atoms with van der Waals surface area (Å²) in [6.45, 7) is 3.48. The lowest BCUT2D eigenvalue weighted by Crippen LogP contribution is -2.06. The second-order valence-corrected chi connectivity index (χ2v) is 6.77. The van der Waals surface area contributed by atoms with Gasteiger partial charge in [0.25, 0.3) is 6.01 Å². The number of nitrogens with zero attached hydrogens (tertiary/aromatic N) is 4. The molecule has 0 aliphatic rings. The molecule has 2 aromatic rings. The van der Waals surface area contributed by atoms with Crippen LogP contribution in [0.15, 0.2) is 0 Å². The zero-order chi connectivity index (χ0) is 18.1. The van der Waals surface area contributed by atoms with E-state index >= 15 is 0 Å². The maximum Gasteiger partial charge on any atom is 0.320 e. The van der Waals surface area contributed by atoms with Crippen molar-refractivity contribution in [1.29, 1.82) is 0 Å². The number of aryl methyl sites for hydroxylation is 1. The smallest absolute Gasteiger partial charge is 0.320 e. The van der Waals surface area contributed by atoms with Crippen LogP contribution in [0.25, 0.3) is 11.2 Å². The van der Waals surface area contributed by atoms with Crippen LogP contribution in [0.3, 0.4) is 0 Å². The molecule has 0 saturated heterocycles. The normalized spacial score (nSPS) is 11.2. The van der Waals surface area contributed by atoms with E-state index in [1.54, 1.807) is 7.11 Å². The standard InChI is InChI=1S/C17H28BrN5O2/c1-3-4-12-25-16-21-14(19)13-15(22-16)23(17(20-13)24-2)11-9-7-5-6-8-10-18/h3-12H2,1-2H3,(H2,19,21,22). The molecule has 0 aliphatic carbocycles. The highest BCUT2D eigenvalue weighted by atomic mass is 79.9. The Labute approximate surface area is 157 Å². The maximum absolute atomic E-state index is 6.04. The van der Waals surface area contributed by atoms with Crippen LogP contribution in [-0.4, -0.2) is 38.6 Å². The van der Waals surface area contributed by atoms with Crippen molar-refractivity contribution in [2.45, 2.75) is 58.4 Å². The summed E-state index contributed by atoms with van der Waals surface area (Å²) in [5.74, 6) is 0.325. The molecule has 140 valence electrons. The molecule has 0 fully saturated rings. The lowest BCUT2D eigenvalue weighted by molar-refractivity contribution is 0.286. The average molecular weight is 414 g/mol. The van der Waals surface area contributed by atoms with Gasteiger partial charge in [-0.25, -0.2) is 0 Å². The van der Waals surface area contributed by atoms with Crippen molar-refractivity contribution in [3.8, 4) is 12.0 Å². The highest BCUT2D eigenvalue weighted by Crippen LogP contribution is 2.26. The van der Waals surface area contributed by atoms with Crippen molar-refractivity contribution in [3.63, 3.8) is 0 Å². The van der Waals surface area contributed by atoms with Gasteiger partial charge >= 0.3 is 6.01 Å². The predicted molar refractivity (Wildman–Crippen MR) is 104 cm³/mol. The molecule has 8 heteroatoms. The zero-order valence-electron chi connectivity index (χ0n) is 15.1. The van der Waals surface area contributed by atoms with E-state index in [1.807, 2.05) is 4.57 Å². The molecule has 0 saturated carbocycles. The fourth-order valence-electron chi connectivity index (χ4n) is 2.61. The molecule has 0 unspecified atom stereocenters. The van der Waals surface area contributed by atoms with Gasteiger partial charge < -0.3 is 15.2 Å². The van der Waals surface area contributed by atoms with Gasteiger partial charge in [0.2, 0.25) is 0 Å². The summed E-state index contributed by atoms with van der Waals surface area (Å²) >= 11 is 3.47. The minimum Gasteiger partial charge on any atom is -0.468 e. The average Bonchev–Trinajstić information content (AvgIpc) is 2.97. The van der Waals surface area contributed by atoms with Crippen molar-refractivity contribution in [3.05, 3.63) is 0 Å². The van der Waals surface area contributed by atoms with Gasteiger partial charge in [-0.05, 0) is 19.3 Å². The number of hydrogen-bond donors (Lipinski definition) is 1. The van der Waals surface area contributed by atoms with Crippen molar-refractivity contribution in [1.82, 2.24) is 19.5 Å². The van der Waals surface area contributed by atoms with E-state index in [0.717, 1.165) is 37.6 Å². The number of hydrogen-bond acceptors (Lipinski definition) is 6. The molecule has 0 amide bonds. The third-order valence-electron chi connectivity index (χ3n) is 3.99. The molecule has 0 aromatic carbocycles. The van der Waals surface area contributed by atoms with Crippen LogP contribution in [0.2, 0.25) is 0 Å². The number of nitrogens with two attached hydrogens (primary N) is 1. The zero-order valence-corrected chi connectivity index (χ0v) is 16.7. The molecule has 0 aliphatic heterocycles. The van der Waals surface area contributed by atoms with E-state index in [1.165, 1.54) is 19.3 Å². The van der Waals surface area contributed by atoms with Crippen LogP contribution in [0.1, 0.15) is 51.9 Å². The van der Waals surface area contributed by atoms with Crippen LogP contribution in [-0.2, 0) is 6.54 Å². The van der Waals surface area contributed by atoms with Crippen molar-refractivity contribution in [2.24, 2.45) is 0 Å². The Balaban J connectivity index is 2.12. The Kier molecular flexibility index (Phi) is 8.24. The number of rotatable bonds is 12. The largest absolute Gasteiger partial charge is 0.468 e. The van der Waals surface area contributed by atoms with Crippen LogP contribution < -0.4 is 15.2 Å². The fourth-order valence-corrected chi connectivity index (χ4v) is 3.00. The molecular formula is C17H28BrN5O2. The molecule has 0 spiro atoms. The first-order chi connectivity index (χ1) is 12.2. The van der Waals surface area contributed by atoms with Crippen molar-refractivity contribution < 1.29 is 9.47 Å². The maximum atomic E-state index is 6.04. The molecule has 2 aromatic heterocycles. The van der Waals surface area contributed by atoms with Gasteiger partial charge in [0, 0.05) is 11.9 Å². The fraction of sp³-hybridized carbons (Fsp3) is 0.706. The Morgan fingerprint density at radius 2 is 1.80 bits per heavy atom. The summed E-state index contributed by atoms with van der Waals surface area (Å²) in [4.78, 5) is 13.1. The van der Waals surface area contributed by atoms with Gasteiger partial charge in [0.05, 0.1) is 13.7 Å². The van der Waals surface area contributed by atoms with Crippen LogP contribution >= 0.6 is 15.9 Å². The summed E-state index contributed by atoms with van der Waals surface area (Å²) in [7, 11) is 1.61. The van der Waals surface area contributed by atoms with Crippen molar-refractivity contribution >= 4 is 32.9 Å². The Morgan fingerprint density at radius 3 is 2.52 bits per heavy atom. The van der Waals surface area contributed by atoms with Crippen LogP contribution in [0.4, 0.5) is 5.82 Å². The van der Waals surface area contributed by atoms with E-state index in [4.69, 9.17) is 15.2 Å².